The molecule has 0 saturated heterocycles. The second-order valence-corrected chi connectivity index (χ2v) is 10.9. The van der Waals surface area contributed by atoms with Crippen LogP contribution >= 0.6 is 11.8 Å². The van der Waals surface area contributed by atoms with Crippen LogP contribution in [0.4, 0.5) is 0 Å². The second kappa shape index (κ2) is 8.11. The zero-order valence-corrected chi connectivity index (χ0v) is 16.2. The number of halogens is 2. The number of allylic oxidation sites excluding steroid dienone is 4. The zero-order valence-electron chi connectivity index (χ0n) is 11.3. The van der Waals surface area contributed by atoms with Gasteiger partial charge in [0.15, 0.2) is 0 Å². The molecule has 19 heavy (non-hydrogen) atoms. The van der Waals surface area contributed by atoms with Gasteiger partial charge in [0.05, 0.1) is 0 Å². The minimum absolute atomic E-state index is 0. The molecule has 101 valence electrons. The third-order valence-corrected chi connectivity index (χ3v) is 9.09. The largest absolute Gasteiger partial charge is 1.00 e. The maximum Gasteiger partial charge on any atom is -1.00 e. The molecule has 1 aliphatic carbocycles. The molecule has 0 nitrogen and oxygen atoms in total. The summed E-state index contributed by atoms with van der Waals surface area (Å²) in [7, 11) is -1.50. The van der Waals surface area contributed by atoms with E-state index in [1.54, 1.807) is 14.3 Å². The molecule has 0 saturated carbocycles. The van der Waals surface area contributed by atoms with Gasteiger partial charge in [0.1, 0.15) is 0 Å². The van der Waals surface area contributed by atoms with Crippen LogP contribution < -0.4 is 30.0 Å². The van der Waals surface area contributed by atoms with Crippen LogP contribution in [0.2, 0.25) is 13.1 Å². The van der Waals surface area contributed by atoms with Gasteiger partial charge in [-0.2, -0.15) is 0 Å². The van der Waals surface area contributed by atoms with E-state index in [2.05, 4.69) is 76.2 Å². The fraction of sp³-hybridized carbons (Fsp3) is 0.286. The van der Waals surface area contributed by atoms with Crippen molar-refractivity contribution in [3.8, 4) is 0 Å². The molecule has 0 bridgehead atoms. The molecule has 0 aliphatic heterocycles. The average molecular weight is 364 g/mol. The summed E-state index contributed by atoms with van der Waals surface area (Å²) in [5.41, 5.74) is 0. The average Bonchev–Trinajstić information content (AvgIpc) is 2.76. The molecule has 0 fully saturated rings. The molecule has 1 aromatic rings. The van der Waals surface area contributed by atoms with Crippen molar-refractivity contribution in [3.63, 3.8) is 0 Å². The Kier molecular flexibility index (Phi) is 8.35. The summed E-state index contributed by atoms with van der Waals surface area (Å²) in [4.78, 5) is 1.45. The summed E-state index contributed by atoms with van der Waals surface area (Å²) < 4.78 is 1.57. The van der Waals surface area contributed by atoms with Crippen molar-refractivity contribution in [3.05, 3.63) is 45.5 Å². The molecule has 0 amide bonds. The monoisotopic (exact) mass is 363 g/mol. The van der Waals surface area contributed by atoms with E-state index in [9.17, 15) is 0 Å². The van der Waals surface area contributed by atoms with Crippen LogP contribution in [0.3, 0.4) is 0 Å². The zero-order chi connectivity index (χ0) is 12.5. The molecule has 0 N–H and O–H groups in total. The van der Waals surface area contributed by atoms with Gasteiger partial charge in [0.2, 0.25) is 0 Å². The Labute approximate surface area is 145 Å². The summed E-state index contributed by atoms with van der Waals surface area (Å²) in [6.45, 7) is 4.94. The normalized spacial score (nSPS) is 14.2. The van der Waals surface area contributed by atoms with Gasteiger partial charge in [0.25, 0.3) is 0 Å². The molecule has 0 spiro atoms. The topological polar surface area (TPSA) is 0 Å². The third kappa shape index (κ3) is 4.03. The van der Waals surface area contributed by atoms with E-state index < -0.39 is 8.07 Å². The van der Waals surface area contributed by atoms with Crippen molar-refractivity contribution < 1.29 is 45.2 Å². The molecule has 0 unspecified atom stereocenters. The maximum atomic E-state index is 2.47. The predicted octanol–water partition coefficient (Wildman–Crippen LogP) is -2.37. The molecular weight excluding hydrogens is 347 g/mol. The molecule has 0 aromatic heterocycles. The smallest absolute Gasteiger partial charge is 1.00 e. The van der Waals surface area contributed by atoms with Gasteiger partial charge in [-0.1, -0.05) is 0 Å². The van der Waals surface area contributed by atoms with E-state index in [4.69, 9.17) is 0 Å². The van der Waals surface area contributed by atoms with Gasteiger partial charge < -0.3 is 24.8 Å². The molecule has 0 heterocycles. The van der Waals surface area contributed by atoms with Crippen LogP contribution in [0.25, 0.3) is 0 Å². The van der Waals surface area contributed by atoms with Gasteiger partial charge in [-0.25, -0.2) is 0 Å². The van der Waals surface area contributed by atoms with E-state index in [0.717, 1.165) is 6.42 Å². The SMILES string of the molecule is CSc1ccccc1[Si](C)(C)C1=[C]([Ti+2])CC=C1.[Cl-].[Cl-]. The van der Waals surface area contributed by atoms with E-state index in [0.29, 0.717) is 0 Å². The Balaban J connectivity index is 0.00000162. The summed E-state index contributed by atoms with van der Waals surface area (Å²) in [6, 6.07) is 8.90. The number of benzene rings is 1. The molecule has 0 radical (unpaired) electrons. The summed E-state index contributed by atoms with van der Waals surface area (Å²) in [5.74, 6) is 0. The fourth-order valence-corrected chi connectivity index (χ4v) is 8.64. The van der Waals surface area contributed by atoms with E-state index in [1.165, 1.54) is 4.90 Å². The Morgan fingerprint density at radius 3 is 2.32 bits per heavy atom. The van der Waals surface area contributed by atoms with Crippen LogP contribution in [-0.4, -0.2) is 14.3 Å². The molecular formula is C14H17Cl2SSiTi. The Bertz CT molecular complexity index is 498. The molecule has 5 heteroatoms. The number of rotatable bonds is 3. The molecule has 2 rings (SSSR count). The summed E-state index contributed by atoms with van der Waals surface area (Å²) >= 11 is 4.15. The van der Waals surface area contributed by atoms with Crippen molar-refractivity contribution >= 4 is 25.0 Å². The van der Waals surface area contributed by atoms with Crippen molar-refractivity contribution in [2.75, 3.05) is 6.26 Å². The van der Waals surface area contributed by atoms with Crippen LogP contribution in [0.1, 0.15) is 6.42 Å². The Morgan fingerprint density at radius 2 is 1.79 bits per heavy atom. The van der Waals surface area contributed by atoms with Gasteiger partial charge in [0, 0.05) is 0 Å². The number of hydrogen-bond donors (Lipinski definition) is 0. The number of hydrogen-bond acceptors (Lipinski definition) is 1. The van der Waals surface area contributed by atoms with Gasteiger partial charge >= 0.3 is 122 Å². The van der Waals surface area contributed by atoms with Crippen molar-refractivity contribution in [1.29, 1.82) is 0 Å². The van der Waals surface area contributed by atoms with Gasteiger partial charge in [-0.3, -0.25) is 0 Å². The third-order valence-electron chi connectivity index (χ3n) is 3.39. The molecule has 0 atom stereocenters. The first-order valence-corrected chi connectivity index (χ1v) is 10.8. The Morgan fingerprint density at radius 1 is 1.16 bits per heavy atom. The minimum atomic E-state index is -1.50. The Hall–Kier alpha value is 0.561. The fourth-order valence-electron chi connectivity index (χ4n) is 2.40. The first-order valence-electron chi connectivity index (χ1n) is 5.82. The van der Waals surface area contributed by atoms with Crippen molar-refractivity contribution in [1.82, 2.24) is 0 Å². The molecule has 1 aromatic carbocycles. The first kappa shape index (κ1) is 19.6. The van der Waals surface area contributed by atoms with Crippen molar-refractivity contribution in [2.45, 2.75) is 24.4 Å². The standard InChI is InChI=1S/C14H17SSi.2ClH.Ti/c1-15-13-10-6-7-11-14(13)16(2,3)12-8-4-5-9-12;;;/h4,6-8,10-11H,5H2,1-3H3;2*1H;/q;;;+2/p-2. The molecule has 1 aliphatic rings. The van der Waals surface area contributed by atoms with Gasteiger partial charge in [-0.05, 0) is 0 Å². The van der Waals surface area contributed by atoms with E-state index >= 15 is 0 Å². The number of thioether (sulfide) groups is 1. The van der Waals surface area contributed by atoms with E-state index in [-0.39, 0.29) is 24.8 Å². The van der Waals surface area contributed by atoms with Crippen molar-refractivity contribution in [2.24, 2.45) is 0 Å². The van der Waals surface area contributed by atoms with E-state index in [1.807, 2.05) is 11.8 Å². The summed E-state index contributed by atoms with van der Waals surface area (Å²) in [5, 5.41) is 3.20. The second-order valence-electron chi connectivity index (χ2n) is 4.82. The van der Waals surface area contributed by atoms with Crippen LogP contribution in [0.15, 0.2) is 50.4 Å². The van der Waals surface area contributed by atoms with Crippen LogP contribution in [0, 0.1) is 0 Å². The quantitative estimate of drug-likeness (QED) is 0.427. The van der Waals surface area contributed by atoms with Crippen LogP contribution in [-0.2, 0) is 20.4 Å². The summed E-state index contributed by atoms with van der Waals surface area (Å²) in [6.07, 6.45) is 7.99. The first-order chi connectivity index (χ1) is 8.07. The van der Waals surface area contributed by atoms with Crippen LogP contribution in [0.5, 0.6) is 0 Å². The van der Waals surface area contributed by atoms with Gasteiger partial charge in [-0.15, -0.1) is 0 Å². The minimum Gasteiger partial charge on any atom is -1.00 e. The maximum absolute atomic E-state index is 2.47. The predicted molar refractivity (Wildman–Crippen MR) is 76.1 cm³/mol.